The molecule has 0 radical (unpaired) electrons. The highest BCUT2D eigenvalue weighted by atomic mass is 32.2. The highest BCUT2D eigenvalue weighted by Gasteiger charge is 2.25. The molecule has 9 heteroatoms. The van der Waals surface area contributed by atoms with Crippen LogP contribution in [-0.2, 0) is 13.6 Å². The topological polar surface area (TPSA) is 96.2 Å². The summed E-state index contributed by atoms with van der Waals surface area (Å²) in [5, 5.41) is 15.9. The minimum Gasteiger partial charge on any atom is -0.501 e. The molecule has 1 aliphatic rings. The molecule has 1 aliphatic heterocycles. The van der Waals surface area contributed by atoms with E-state index < -0.39 is 17.2 Å². The molecule has 0 spiro atoms. The number of carbonyl (C=O) groups is 1. The monoisotopic (exact) mass is 378 g/mol. The van der Waals surface area contributed by atoms with Crippen LogP contribution in [0.4, 0.5) is 4.39 Å². The number of aromatic nitrogens is 2. The summed E-state index contributed by atoms with van der Waals surface area (Å²) in [4.78, 5) is 29.0. The molecular weight excluding hydrogens is 359 g/mol. The van der Waals surface area contributed by atoms with Crippen LogP contribution < -0.4 is 16.2 Å². The van der Waals surface area contributed by atoms with Gasteiger partial charge in [-0.3, -0.25) is 14.2 Å². The van der Waals surface area contributed by atoms with Crippen LogP contribution in [0.2, 0.25) is 0 Å². The van der Waals surface area contributed by atoms with E-state index in [-0.39, 0.29) is 24.1 Å². The number of aromatic hydroxyl groups is 1. The molecule has 0 saturated carbocycles. The van der Waals surface area contributed by atoms with Crippen molar-refractivity contribution in [3.63, 3.8) is 0 Å². The van der Waals surface area contributed by atoms with E-state index in [1.807, 2.05) is 0 Å². The van der Waals surface area contributed by atoms with Crippen LogP contribution in [0.15, 0.2) is 29.1 Å². The third-order valence-corrected chi connectivity index (χ3v) is 5.18. The highest BCUT2D eigenvalue weighted by molar-refractivity contribution is 7.99. The van der Waals surface area contributed by atoms with Crippen molar-refractivity contribution in [1.82, 2.24) is 20.2 Å². The van der Waals surface area contributed by atoms with Crippen LogP contribution in [0.5, 0.6) is 5.75 Å². The summed E-state index contributed by atoms with van der Waals surface area (Å²) >= 11 is 1.73. The molecule has 1 unspecified atom stereocenters. The Labute approximate surface area is 153 Å². The van der Waals surface area contributed by atoms with Crippen LogP contribution in [0.25, 0.3) is 0 Å². The molecule has 1 saturated heterocycles. The first kappa shape index (κ1) is 18.4. The smallest absolute Gasteiger partial charge is 0.296 e. The number of nitrogens with one attached hydrogen (secondary N) is 2. The summed E-state index contributed by atoms with van der Waals surface area (Å²) in [7, 11) is 1.52. The van der Waals surface area contributed by atoms with Gasteiger partial charge in [-0.1, -0.05) is 12.1 Å². The normalized spacial score (nSPS) is 17.1. The molecule has 2 aromatic rings. The van der Waals surface area contributed by atoms with Crippen molar-refractivity contribution in [2.45, 2.75) is 12.6 Å². The summed E-state index contributed by atoms with van der Waals surface area (Å²) < 4.78 is 14.2. The van der Waals surface area contributed by atoms with E-state index in [2.05, 4.69) is 15.6 Å². The second-order valence-electron chi connectivity index (χ2n) is 5.92. The van der Waals surface area contributed by atoms with Gasteiger partial charge in [0.1, 0.15) is 11.6 Å². The van der Waals surface area contributed by atoms with Gasteiger partial charge in [-0.25, -0.2) is 9.37 Å². The predicted molar refractivity (Wildman–Crippen MR) is 96.8 cm³/mol. The average molecular weight is 378 g/mol. The molecule has 2 heterocycles. The van der Waals surface area contributed by atoms with E-state index in [4.69, 9.17) is 0 Å². The first-order chi connectivity index (χ1) is 12.5. The van der Waals surface area contributed by atoms with Gasteiger partial charge in [-0.2, -0.15) is 11.8 Å². The maximum absolute atomic E-state index is 12.9. The number of nitrogens with zero attached hydrogens (tertiary/aromatic N) is 2. The van der Waals surface area contributed by atoms with Gasteiger partial charge in [0, 0.05) is 31.6 Å². The van der Waals surface area contributed by atoms with Crippen LogP contribution in [0.1, 0.15) is 27.9 Å². The molecule has 0 aliphatic carbocycles. The second-order valence-corrected chi connectivity index (χ2v) is 7.07. The number of amides is 1. The number of halogens is 1. The molecule has 26 heavy (non-hydrogen) atoms. The van der Waals surface area contributed by atoms with E-state index in [1.165, 1.54) is 23.7 Å². The van der Waals surface area contributed by atoms with E-state index in [0.29, 0.717) is 11.4 Å². The van der Waals surface area contributed by atoms with E-state index >= 15 is 0 Å². The fraction of sp³-hybridized carbons (Fsp3) is 0.353. The molecule has 1 atom stereocenters. The van der Waals surface area contributed by atoms with Gasteiger partial charge in [0.25, 0.3) is 11.5 Å². The zero-order valence-electron chi connectivity index (χ0n) is 14.2. The zero-order valence-corrected chi connectivity index (χ0v) is 15.0. The fourth-order valence-corrected chi connectivity index (χ4v) is 3.61. The molecular formula is C17H19FN4O3S. The van der Waals surface area contributed by atoms with Gasteiger partial charge in [0.2, 0.25) is 5.75 Å². The van der Waals surface area contributed by atoms with Crippen molar-refractivity contribution in [3.8, 4) is 5.75 Å². The Morgan fingerprint density at radius 2 is 2.19 bits per heavy atom. The summed E-state index contributed by atoms with van der Waals surface area (Å²) in [6.07, 6.45) is 0. The zero-order chi connectivity index (χ0) is 18.7. The number of hydrogen-bond donors (Lipinski definition) is 3. The Morgan fingerprint density at radius 3 is 2.85 bits per heavy atom. The Kier molecular flexibility index (Phi) is 5.58. The van der Waals surface area contributed by atoms with Gasteiger partial charge < -0.3 is 15.7 Å². The van der Waals surface area contributed by atoms with E-state index in [0.717, 1.165) is 18.1 Å². The van der Waals surface area contributed by atoms with Crippen molar-refractivity contribution in [2.24, 2.45) is 7.05 Å². The SMILES string of the molecule is Cn1c(C2CSCCN2)nc(C(=O)NCc2ccc(F)cc2)c(O)c1=O. The molecule has 1 aromatic heterocycles. The van der Waals surface area contributed by atoms with Gasteiger partial charge in [-0.05, 0) is 17.7 Å². The van der Waals surface area contributed by atoms with Crippen molar-refractivity contribution >= 4 is 17.7 Å². The summed E-state index contributed by atoms with van der Waals surface area (Å²) in [5.41, 5.74) is -0.282. The fourth-order valence-electron chi connectivity index (χ4n) is 2.68. The summed E-state index contributed by atoms with van der Waals surface area (Å²) in [6, 6.07) is 5.50. The molecule has 138 valence electrons. The predicted octanol–water partition coefficient (Wildman–Crippen LogP) is 0.932. The Balaban J connectivity index is 1.83. The molecule has 1 aromatic carbocycles. The Bertz CT molecular complexity index is 864. The van der Waals surface area contributed by atoms with Gasteiger partial charge >= 0.3 is 0 Å². The van der Waals surface area contributed by atoms with Gasteiger partial charge in [0.15, 0.2) is 5.69 Å². The van der Waals surface area contributed by atoms with Crippen molar-refractivity contribution in [3.05, 3.63) is 57.5 Å². The van der Waals surface area contributed by atoms with Crippen molar-refractivity contribution < 1.29 is 14.3 Å². The minimum absolute atomic E-state index is 0.127. The largest absolute Gasteiger partial charge is 0.501 e. The lowest BCUT2D eigenvalue weighted by Gasteiger charge is -2.24. The minimum atomic E-state index is -0.684. The lowest BCUT2D eigenvalue weighted by Crippen LogP contribution is -2.37. The number of carbonyl (C=O) groups excluding carboxylic acids is 1. The average Bonchev–Trinajstić information content (AvgIpc) is 2.66. The molecule has 7 nitrogen and oxygen atoms in total. The molecule has 3 N–H and O–H groups in total. The van der Waals surface area contributed by atoms with Crippen molar-refractivity contribution in [1.29, 1.82) is 0 Å². The van der Waals surface area contributed by atoms with Crippen LogP contribution in [0, 0.1) is 5.82 Å². The third kappa shape index (κ3) is 3.88. The van der Waals surface area contributed by atoms with Gasteiger partial charge in [-0.15, -0.1) is 0 Å². The number of thioether (sulfide) groups is 1. The lowest BCUT2D eigenvalue weighted by molar-refractivity contribution is 0.0941. The third-order valence-electron chi connectivity index (χ3n) is 4.12. The molecule has 0 bridgehead atoms. The van der Waals surface area contributed by atoms with Gasteiger partial charge in [0.05, 0.1) is 6.04 Å². The van der Waals surface area contributed by atoms with E-state index in [9.17, 15) is 19.1 Å². The standard InChI is InChI=1S/C17H19FN4O3S/c1-22-15(12-9-26-7-6-19-12)21-13(14(23)17(22)25)16(24)20-8-10-2-4-11(18)5-3-10/h2-5,12,19,23H,6-9H2,1H3,(H,20,24). The number of hydrogen-bond acceptors (Lipinski definition) is 6. The number of rotatable bonds is 4. The maximum atomic E-state index is 12.9. The quantitative estimate of drug-likeness (QED) is 0.733. The summed E-state index contributed by atoms with van der Waals surface area (Å²) in [6.45, 7) is 0.903. The second kappa shape index (κ2) is 7.88. The Hall–Kier alpha value is -2.39. The molecule has 1 fully saturated rings. The van der Waals surface area contributed by atoms with Crippen LogP contribution in [0.3, 0.4) is 0 Å². The lowest BCUT2D eigenvalue weighted by atomic mass is 10.2. The first-order valence-electron chi connectivity index (χ1n) is 8.11. The number of benzene rings is 1. The first-order valence-corrected chi connectivity index (χ1v) is 9.26. The molecule has 1 amide bonds. The van der Waals surface area contributed by atoms with Crippen LogP contribution in [-0.4, -0.2) is 38.6 Å². The van der Waals surface area contributed by atoms with Crippen LogP contribution >= 0.6 is 11.8 Å². The maximum Gasteiger partial charge on any atom is 0.296 e. The van der Waals surface area contributed by atoms with E-state index in [1.54, 1.807) is 23.9 Å². The highest BCUT2D eigenvalue weighted by Crippen LogP contribution is 2.21. The molecule has 3 rings (SSSR count). The summed E-state index contributed by atoms with van der Waals surface area (Å²) in [5.74, 6) is 0.390. The van der Waals surface area contributed by atoms with Crippen molar-refractivity contribution in [2.75, 3.05) is 18.1 Å². The Morgan fingerprint density at radius 1 is 1.46 bits per heavy atom.